The van der Waals surface area contributed by atoms with Crippen molar-refractivity contribution in [2.75, 3.05) is 20.3 Å². The zero-order valence-electron chi connectivity index (χ0n) is 13.9. The Balaban J connectivity index is 1.80. The number of methoxy groups -OCH3 is 1. The molecule has 0 unspecified atom stereocenters. The molecule has 126 valence electrons. The van der Waals surface area contributed by atoms with Gasteiger partial charge in [0.25, 0.3) is 0 Å². The second-order valence-electron chi connectivity index (χ2n) is 5.91. The summed E-state index contributed by atoms with van der Waals surface area (Å²) in [6, 6.07) is 15.7. The Kier molecular flexibility index (Phi) is 5.49. The summed E-state index contributed by atoms with van der Waals surface area (Å²) in [5, 5.41) is 0. The van der Waals surface area contributed by atoms with Crippen LogP contribution in [0.15, 0.2) is 48.5 Å². The summed E-state index contributed by atoms with van der Waals surface area (Å²) >= 11 is 0. The number of carbonyl (C=O) groups is 1. The Hall–Kier alpha value is -2.33. The summed E-state index contributed by atoms with van der Waals surface area (Å²) in [5.41, 5.74) is 2.69. The molecule has 0 spiro atoms. The fraction of sp³-hybridized carbons (Fsp3) is 0.350. The van der Waals surface area contributed by atoms with Crippen LogP contribution in [0.1, 0.15) is 40.2 Å². The summed E-state index contributed by atoms with van der Waals surface area (Å²) in [6.07, 6.45) is 1.95. The van der Waals surface area contributed by atoms with E-state index in [4.69, 9.17) is 14.2 Å². The first-order valence-corrected chi connectivity index (χ1v) is 8.24. The fourth-order valence-electron chi connectivity index (χ4n) is 2.96. The van der Waals surface area contributed by atoms with Gasteiger partial charge in [-0.05, 0) is 42.0 Å². The molecule has 1 aliphatic rings. The SMILES string of the molecule is COC(=O)c1cc(C2CCOCC2)ccc1OCc1ccccc1. The molecule has 0 aliphatic carbocycles. The third-order valence-corrected chi connectivity index (χ3v) is 4.34. The number of rotatable bonds is 5. The highest BCUT2D eigenvalue weighted by atomic mass is 16.5. The van der Waals surface area contributed by atoms with Gasteiger partial charge in [-0.3, -0.25) is 0 Å². The van der Waals surface area contributed by atoms with Crippen molar-refractivity contribution in [3.05, 3.63) is 65.2 Å². The molecule has 4 nitrogen and oxygen atoms in total. The molecule has 2 aromatic carbocycles. The van der Waals surface area contributed by atoms with Crippen LogP contribution in [0.2, 0.25) is 0 Å². The van der Waals surface area contributed by atoms with Crippen molar-refractivity contribution in [3.8, 4) is 5.75 Å². The van der Waals surface area contributed by atoms with Crippen LogP contribution < -0.4 is 4.74 Å². The summed E-state index contributed by atoms with van der Waals surface area (Å²) in [6.45, 7) is 1.95. The molecular weight excluding hydrogens is 304 g/mol. The van der Waals surface area contributed by atoms with E-state index in [1.807, 2.05) is 48.5 Å². The van der Waals surface area contributed by atoms with Crippen LogP contribution in [0.5, 0.6) is 5.75 Å². The molecule has 4 heteroatoms. The first-order chi connectivity index (χ1) is 11.8. The highest BCUT2D eigenvalue weighted by Crippen LogP contribution is 2.31. The Morgan fingerprint density at radius 2 is 1.88 bits per heavy atom. The fourth-order valence-corrected chi connectivity index (χ4v) is 2.96. The van der Waals surface area contributed by atoms with Crippen molar-refractivity contribution in [2.45, 2.75) is 25.4 Å². The van der Waals surface area contributed by atoms with Crippen LogP contribution in [-0.4, -0.2) is 26.3 Å². The zero-order chi connectivity index (χ0) is 16.8. The molecular formula is C20H22O4. The number of hydrogen-bond donors (Lipinski definition) is 0. The van der Waals surface area contributed by atoms with E-state index in [0.29, 0.717) is 23.8 Å². The van der Waals surface area contributed by atoms with Crippen LogP contribution in [-0.2, 0) is 16.1 Å². The van der Waals surface area contributed by atoms with Crippen LogP contribution in [0, 0.1) is 0 Å². The number of hydrogen-bond acceptors (Lipinski definition) is 4. The van der Waals surface area contributed by atoms with Crippen LogP contribution >= 0.6 is 0 Å². The average molecular weight is 326 g/mol. The lowest BCUT2D eigenvalue weighted by atomic mass is 9.90. The van der Waals surface area contributed by atoms with E-state index in [-0.39, 0.29) is 5.97 Å². The van der Waals surface area contributed by atoms with Crippen LogP contribution in [0.3, 0.4) is 0 Å². The maximum Gasteiger partial charge on any atom is 0.341 e. The number of carbonyl (C=O) groups excluding carboxylic acids is 1. The molecule has 0 saturated carbocycles. The second-order valence-corrected chi connectivity index (χ2v) is 5.91. The van der Waals surface area contributed by atoms with E-state index in [0.717, 1.165) is 37.2 Å². The Bertz CT molecular complexity index is 675. The zero-order valence-corrected chi connectivity index (χ0v) is 13.9. The predicted octanol–water partition coefficient (Wildman–Crippen LogP) is 3.95. The molecule has 1 saturated heterocycles. The van der Waals surface area contributed by atoms with Gasteiger partial charge in [0.2, 0.25) is 0 Å². The number of ether oxygens (including phenoxy) is 3. The Labute approximate surface area is 142 Å². The monoisotopic (exact) mass is 326 g/mol. The summed E-state index contributed by atoms with van der Waals surface area (Å²) in [4.78, 5) is 12.2. The maximum absolute atomic E-state index is 12.2. The Morgan fingerprint density at radius 1 is 1.12 bits per heavy atom. The van der Waals surface area contributed by atoms with Gasteiger partial charge in [-0.2, -0.15) is 0 Å². The van der Waals surface area contributed by atoms with Crippen molar-refractivity contribution in [3.63, 3.8) is 0 Å². The summed E-state index contributed by atoms with van der Waals surface area (Å²) in [7, 11) is 1.39. The first kappa shape index (κ1) is 16.5. The molecule has 3 rings (SSSR count). The van der Waals surface area contributed by atoms with E-state index in [9.17, 15) is 4.79 Å². The van der Waals surface area contributed by atoms with Gasteiger partial charge in [-0.25, -0.2) is 4.79 Å². The van der Waals surface area contributed by atoms with Crippen LogP contribution in [0.4, 0.5) is 0 Å². The van der Waals surface area contributed by atoms with E-state index < -0.39 is 0 Å². The molecule has 0 bridgehead atoms. The molecule has 1 heterocycles. The van der Waals surface area contributed by atoms with Gasteiger partial charge in [-0.1, -0.05) is 36.4 Å². The molecule has 2 aromatic rings. The molecule has 0 atom stereocenters. The van der Waals surface area contributed by atoms with E-state index in [1.54, 1.807) is 0 Å². The van der Waals surface area contributed by atoms with Crippen molar-refractivity contribution >= 4 is 5.97 Å². The minimum atomic E-state index is -0.369. The third-order valence-electron chi connectivity index (χ3n) is 4.34. The average Bonchev–Trinajstić information content (AvgIpc) is 2.67. The van der Waals surface area contributed by atoms with Crippen molar-refractivity contribution in [2.24, 2.45) is 0 Å². The third kappa shape index (κ3) is 3.95. The molecule has 0 amide bonds. The standard InChI is InChI=1S/C20H22O4/c1-22-20(21)18-13-17(16-9-11-23-12-10-16)7-8-19(18)24-14-15-5-3-2-4-6-15/h2-8,13,16H,9-12,14H2,1H3. The number of esters is 1. The molecule has 1 aliphatic heterocycles. The first-order valence-electron chi connectivity index (χ1n) is 8.24. The lowest BCUT2D eigenvalue weighted by molar-refractivity contribution is 0.0595. The lowest BCUT2D eigenvalue weighted by Gasteiger charge is -2.23. The van der Waals surface area contributed by atoms with Gasteiger partial charge in [0.15, 0.2) is 0 Å². The molecule has 0 N–H and O–H groups in total. The molecule has 0 aromatic heterocycles. The minimum absolute atomic E-state index is 0.369. The predicted molar refractivity (Wildman–Crippen MR) is 91.3 cm³/mol. The van der Waals surface area contributed by atoms with Gasteiger partial charge in [0, 0.05) is 13.2 Å². The summed E-state index contributed by atoms with van der Waals surface area (Å²) in [5.74, 6) is 0.610. The maximum atomic E-state index is 12.2. The van der Waals surface area contributed by atoms with Crippen molar-refractivity contribution in [1.82, 2.24) is 0 Å². The van der Waals surface area contributed by atoms with E-state index >= 15 is 0 Å². The smallest absolute Gasteiger partial charge is 0.341 e. The van der Waals surface area contributed by atoms with Gasteiger partial charge in [-0.15, -0.1) is 0 Å². The van der Waals surface area contributed by atoms with Crippen LogP contribution in [0.25, 0.3) is 0 Å². The van der Waals surface area contributed by atoms with Gasteiger partial charge < -0.3 is 14.2 Å². The van der Waals surface area contributed by atoms with E-state index in [2.05, 4.69) is 0 Å². The number of benzene rings is 2. The van der Waals surface area contributed by atoms with Crippen molar-refractivity contribution in [1.29, 1.82) is 0 Å². The largest absolute Gasteiger partial charge is 0.488 e. The lowest BCUT2D eigenvalue weighted by Crippen LogP contribution is -2.15. The van der Waals surface area contributed by atoms with Gasteiger partial charge in [0.05, 0.1) is 7.11 Å². The van der Waals surface area contributed by atoms with Gasteiger partial charge in [0.1, 0.15) is 17.9 Å². The van der Waals surface area contributed by atoms with Crippen molar-refractivity contribution < 1.29 is 19.0 Å². The Morgan fingerprint density at radius 3 is 2.58 bits per heavy atom. The summed E-state index contributed by atoms with van der Waals surface area (Å²) < 4.78 is 16.2. The molecule has 24 heavy (non-hydrogen) atoms. The highest BCUT2D eigenvalue weighted by Gasteiger charge is 2.20. The minimum Gasteiger partial charge on any atom is -0.488 e. The molecule has 0 radical (unpaired) electrons. The van der Waals surface area contributed by atoms with E-state index in [1.165, 1.54) is 7.11 Å². The second kappa shape index (κ2) is 7.97. The normalized spacial score (nSPS) is 15.0. The molecule has 1 fully saturated rings. The van der Waals surface area contributed by atoms with Gasteiger partial charge >= 0.3 is 5.97 Å². The topological polar surface area (TPSA) is 44.8 Å². The quantitative estimate of drug-likeness (QED) is 0.781. The highest BCUT2D eigenvalue weighted by molar-refractivity contribution is 5.92.